The van der Waals surface area contributed by atoms with E-state index in [9.17, 15) is 5.11 Å². The molecule has 1 N–H and O–H groups in total. The van der Waals surface area contributed by atoms with Crippen molar-refractivity contribution in [3.63, 3.8) is 0 Å². The molecule has 0 unspecified atom stereocenters. The first-order valence-electron chi connectivity index (χ1n) is 8.03. The Kier molecular flexibility index (Phi) is 3.61. The largest absolute Gasteiger partial charge is 0.508 e. The van der Waals surface area contributed by atoms with Crippen molar-refractivity contribution in [2.24, 2.45) is 0 Å². The lowest BCUT2D eigenvalue weighted by atomic mass is 10.1. The van der Waals surface area contributed by atoms with Crippen LogP contribution in [-0.2, 0) is 0 Å². The van der Waals surface area contributed by atoms with Crippen LogP contribution in [0.4, 0.5) is 5.69 Å². The van der Waals surface area contributed by atoms with E-state index in [1.165, 1.54) is 0 Å². The molecule has 4 rings (SSSR count). The third kappa shape index (κ3) is 2.70. The highest BCUT2D eigenvalue weighted by molar-refractivity contribution is 5.76. The maximum absolute atomic E-state index is 9.77. The van der Waals surface area contributed by atoms with Gasteiger partial charge in [0.15, 0.2) is 5.65 Å². The fraction of sp³-hybridized carbons (Fsp3) is 0.100. The van der Waals surface area contributed by atoms with Crippen LogP contribution in [-0.4, -0.2) is 33.6 Å². The van der Waals surface area contributed by atoms with Gasteiger partial charge in [-0.05, 0) is 18.2 Å². The zero-order chi connectivity index (χ0) is 17.4. The normalized spacial score (nSPS) is 11.0. The molecule has 0 fully saturated rings. The summed E-state index contributed by atoms with van der Waals surface area (Å²) in [6.45, 7) is 0. The van der Waals surface area contributed by atoms with Crippen molar-refractivity contribution in [3.8, 4) is 28.3 Å². The van der Waals surface area contributed by atoms with Gasteiger partial charge in [0.25, 0.3) is 0 Å². The van der Waals surface area contributed by atoms with Gasteiger partial charge in [0, 0.05) is 37.1 Å². The van der Waals surface area contributed by atoms with Gasteiger partial charge in [-0.2, -0.15) is 0 Å². The van der Waals surface area contributed by atoms with E-state index in [0.29, 0.717) is 0 Å². The van der Waals surface area contributed by atoms with Crippen LogP contribution in [0.1, 0.15) is 0 Å². The van der Waals surface area contributed by atoms with Gasteiger partial charge < -0.3 is 10.0 Å². The van der Waals surface area contributed by atoms with Crippen LogP contribution >= 0.6 is 0 Å². The maximum Gasteiger partial charge on any atom is 0.155 e. The molecule has 5 heteroatoms. The van der Waals surface area contributed by atoms with Crippen LogP contribution in [0, 0.1) is 0 Å². The lowest BCUT2D eigenvalue weighted by Crippen LogP contribution is -2.10. The zero-order valence-corrected chi connectivity index (χ0v) is 14.1. The monoisotopic (exact) mass is 330 g/mol. The third-order valence-corrected chi connectivity index (χ3v) is 4.20. The summed E-state index contributed by atoms with van der Waals surface area (Å²) in [5.74, 6) is 0.236. The highest BCUT2D eigenvalue weighted by Gasteiger charge is 2.12. The lowest BCUT2D eigenvalue weighted by Gasteiger charge is -2.17. The van der Waals surface area contributed by atoms with Gasteiger partial charge in [-0.3, -0.25) is 9.38 Å². The number of benzene rings is 2. The second-order valence-electron chi connectivity index (χ2n) is 6.11. The average Bonchev–Trinajstić information content (AvgIpc) is 3.05. The molecule has 2 heterocycles. The summed E-state index contributed by atoms with van der Waals surface area (Å²) in [6, 6.07) is 15.3. The molecule has 0 saturated heterocycles. The number of phenolic OH excluding ortho intramolecular Hbond substituents is 1. The van der Waals surface area contributed by atoms with Crippen LogP contribution in [0.3, 0.4) is 0 Å². The second-order valence-corrected chi connectivity index (χ2v) is 6.11. The molecule has 0 amide bonds. The Morgan fingerprint density at radius 1 is 0.960 bits per heavy atom. The predicted octanol–water partition coefficient (Wildman–Crippen LogP) is 3.83. The SMILES string of the molecule is CN(C)c1ccccc1-c1cn2c(-c3cccc(O)c3)cnc2cn1. The van der Waals surface area contributed by atoms with E-state index >= 15 is 0 Å². The second kappa shape index (κ2) is 5.94. The van der Waals surface area contributed by atoms with Gasteiger partial charge in [-0.25, -0.2) is 4.98 Å². The molecule has 25 heavy (non-hydrogen) atoms. The first kappa shape index (κ1) is 15.2. The van der Waals surface area contributed by atoms with E-state index in [1.807, 2.05) is 49.0 Å². The summed E-state index contributed by atoms with van der Waals surface area (Å²) in [5, 5.41) is 9.77. The highest BCUT2D eigenvalue weighted by atomic mass is 16.3. The number of phenols is 1. The molecule has 0 saturated carbocycles. The summed E-state index contributed by atoms with van der Waals surface area (Å²) >= 11 is 0. The van der Waals surface area contributed by atoms with Gasteiger partial charge in [0.2, 0.25) is 0 Å². The van der Waals surface area contributed by atoms with Crippen molar-refractivity contribution in [2.45, 2.75) is 0 Å². The molecule has 124 valence electrons. The van der Waals surface area contributed by atoms with Crippen molar-refractivity contribution >= 4 is 11.3 Å². The zero-order valence-electron chi connectivity index (χ0n) is 14.1. The minimum atomic E-state index is 0.236. The quantitative estimate of drug-likeness (QED) is 0.620. The Hall–Kier alpha value is -3.34. The number of fused-ring (bicyclic) bond motifs is 1. The number of nitrogens with zero attached hydrogens (tertiary/aromatic N) is 4. The first-order valence-corrected chi connectivity index (χ1v) is 8.03. The number of para-hydroxylation sites is 1. The van der Waals surface area contributed by atoms with Gasteiger partial charge in [0.05, 0.1) is 23.8 Å². The molecule has 0 atom stereocenters. The minimum absolute atomic E-state index is 0.236. The van der Waals surface area contributed by atoms with Crippen LogP contribution < -0.4 is 4.90 Å². The minimum Gasteiger partial charge on any atom is -0.508 e. The fourth-order valence-electron chi connectivity index (χ4n) is 2.99. The number of hydrogen-bond acceptors (Lipinski definition) is 4. The number of rotatable bonds is 3. The van der Waals surface area contributed by atoms with Gasteiger partial charge in [-0.1, -0.05) is 30.3 Å². The molecule has 0 radical (unpaired) electrons. The molecule has 5 nitrogen and oxygen atoms in total. The van der Waals surface area contributed by atoms with E-state index in [0.717, 1.165) is 33.8 Å². The summed E-state index contributed by atoms with van der Waals surface area (Å²) in [7, 11) is 4.04. The van der Waals surface area contributed by atoms with Crippen molar-refractivity contribution < 1.29 is 5.11 Å². The average molecular weight is 330 g/mol. The summed E-state index contributed by atoms with van der Waals surface area (Å²) in [4.78, 5) is 11.1. The highest BCUT2D eigenvalue weighted by Crippen LogP contribution is 2.30. The molecule has 0 aliphatic rings. The van der Waals surface area contributed by atoms with Crippen LogP contribution in [0.15, 0.2) is 67.1 Å². The predicted molar refractivity (Wildman–Crippen MR) is 99.9 cm³/mol. The smallest absolute Gasteiger partial charge is 0.155 e. The molecule has 0 spiro atoms. The standard InChI is InChI=1S/C20H18N4O/c1-23(2)18-9-4-3-8-16(18)17-13-24-19(11-22-20(24)12-21-17)14-6-5-7-15(25)10-14/h3-13,25H,1-2H3. The molecule has 2 aromatic carbocycles. The summed E-state index contributed by atoms with van der Waals surface area (Å²) in [5.41, 5.74) is 5.63. The molecule has 2 aromatic heterocycles. The van der Waals surface area contributed by atoms with Crippen molar-refractivity contribution in [1.29, 1.82) is 0 Å². The van der Waals surface area contributed by atoms with Crippen LogP contribution in [0.5, 0.6) is 5.75 Å². The molecular formula is C20H18N4O. The van der Waals surface area contributed by atoms with Crippen molar-refractivity contribution in [2.75, 3.05) is 19.0 Å². The third-order valence-electron chi connectivity index (χ3n) is 4.20. The van der Waals surface area contributed by atoms with Crippen LogP contribution in [0.2, 0.25) is 0 Å². The maximum atomic E-state index is 9.77. The Morgan fingerprint density at radius 3 is 2.60 bits per heavy atom. The summed E-state index contributed by atoms with van der Waals surface area (Å²) in [6.07, 6.45) is 5.56. The lowest BCUT2D eigenvalue weighted by molar-refractivity contribution is 0.475. The molecule has 4 aromatic rings. The Labute approximate surface area is 145 Å². The van der Waals surface area contributed by atoms with E-state index in [4.69, 9.17) is 0 Å². The van der Waals surface area contributed by atoms with E-state index in [1.54, 1.807) is 24.5 Å². The Balaban J connectivity index is 1.90. The number of anilines is 1. The fourth-order valence-corrected chi connectivity index (χ4v) is 2.99. The Bertz CT molecular complexity index is 1050. The molecule has 0 aliphatic heterocycles. The number of hydrogen-bond donors (Lipinski definition) is 1. The number of aromatic nitrogens is 3. The van der Waals surface area contributed by atoms with E-state index in [-0.39, 0.29) is 5.75 Å². The Morgan fingerprint density at radius 2 is 1.80 bits per heavy atom. The number of imidazole rings is 1. The van der Waals surface area contributed by atoms with Crippen LogP contribution in [0.25, 0.3) is 28.2 Å². The molecule has 0 bridgehead atoms. The van der Waals surface area contributed by atoms with Crippen molar-refractivity contribution in [1.82, 2.24) is 14.4 Å². The number of aromatic hydroxyl groups is 1. The van der Waals surface area contributed by atoms with Gasteiger partial charge in [-0.15, -0.1) is 0 Å². The topological polar surface area (TPSA) is 53.7 Å². The molecular weight excluding hydrogens is 312 g/mol. The van der Waals surface area contributed by atoms with E-state index < -0.39 is 0 Å². The van der Waals surface area contributed by atoms with Crippen molar-refractivity contribution in [3.05, 3.63) is 67.1 Å². The summed E-state index contributed by atoms with van der Waals surface area (Å²) < 4.78 is 2.00. The first-order chi connectivity index (χ1) is 12.1. The van der Waals surface area contributed by atoms with E-state index in [2.05, 4.69) is 27.0 Å². The van der Waals surface area contributed by atoms with Gasteiger partial charge in [0.1, 0.15) is 5.75 Å². The molecule has 0 aliphatic carbocycles. The van der Waals surface area contributed by atoms with Gasteiger partial charge >= 0.3 is 0 Å².